The standard InChI is InChI=1S/C17H15F2N5O/c18-11-4-5-13(12(19)9-11)22-16-10-15(14-3-1-2-6-20-14)23-17(24-16)21-7-8-25/h1-6,9-10,25H,7-8H2,(H2,21,22,23,24). The Bertz CT molecular complexity index is 861. The molecule has 0 unspecified atom stereocenters. The summed E-state index contributed by atoms with van der Waals surface area (Å²) < 4.78 is 26.9. The summed E-state index contributed by atoms with van der Waals surface area (Å²) in [6.45, 7) is 0.169. The van der Waals surface area contributed by atoms with Gasteiger partial charge in [-0.1, -0.05) is 6.07 Å². The van der Waals surface area contributed by atoms with Gasteiger partial charge in [-0.05, 0) is 24.3 Å². The van der Waals surface area contributed by atoms with Gasteiger partial charge in [0.15, 0.2) is 0 Å². The molecular weight excluding hydrogens is 328 g/mol. The molecule has 3 N–H and O–H groups in total. The Kier molecular flexibility index (Phi) is 5.10. The molecule has 2 heterocycles. The van der Waals surface area contributed by atoms with E-state index in [0.717, 1.165) is 12.1 Å². The molecule has 0 saturated heterocycles. The Balaban J connectivity index is 1.96. The van der Waals surface area contributed by atoms with E-state index in [4.69, 9.17) is 5.11 Å². The highest BCUT2D eigenvalue weighted by molar-refractivity contribution is 5.65. The fourth-order valence-electron chi connectivity index (χ4n) is 2.13. The van der Waals surface area contributed by atoms with Crippen molar-refractivity contribution in [2.45, 2.75) is 0 Å². The van der Waals surface area contributed by atoms with Gasteiger partial charge in [-0.15, -0.1) is 0 Å². The minimum Gasteiger partial charge on any atom is -0.395 e. The Morgan fingerprint density at radius 3 is 2.60 bits per heavy atom. The van der Waals surface area contributed by atoms with E-state index in [1.54, 1.807) is 24.4 Å². The van der Waals surface area contributed by atoms with E-state index in [2.05, 4.69) is 25.6 Å². The zero-order chi connectivity index (χ0) is 17.6. The van der Waals surface area contributed by atoms with E-state index < -0.39 is 11.6 Å². The predicted molar refractivity (Wildman–Crippen MR) is 90.5 cm³/mol. The van der Waals surface area contributed by atoms with Crippen LogP contribution in [0.4, 0.5) is 26.2 Å². The van der Waals surface area contributed by atoms with Gasteiger partial charge in [0.25, 0.3) is 0 Å². The molecule has 0 saturated carbocycles. The smallest absolute Gasteiger partial charge is 0.225 e. The van der Waals surface area contributed by atoms with Gasteiger partial charge in [0.1, 0.15) is 17.5 Å². The second-order valence-electron chi connectivity index (χ2n) is 5.08. The minimum atomic E-state index is -0.733. The molecular formula is C17H15F2N5O. The number of hydrogen-bond donors (Lipinski definition) is 3. The molecule has 3 rings (SSSR count). The fraction of sp³-hybridized carbons (Fsp3) is 0.118. The normalized spacial score (nSPS) is 10.5. The maximum absolute atomic E-state index is 13.9. The molecule has 0 aliphatic rings. The first-order valence-corrected chi connectivity index (χ1v) is 7.53. The van der Waals surface area contributed by atoms with Crippen molar-refractivity contribution in [2.24, 2.45) is 0 Å². The molecule has 0 aliphatic heterocycles. The third-order valence-electron chi connectivity index (χ3n) is 3.24. The number of aromatic nitrogens is 3. The number of aliphatic hydroxyl groups excluding tert-OH is 1. The largest absolute Gasteiger partial charge is 0.395 e. The van der Waals surface area contributed by atoms with Gasteiger partial charge >= 0.3 is 0 Å². The molecule has 3 aromatic rings. The minimum absolute atomic E-state index is 0.0835. The van der Waals surface area contributed by atoms with E-state index in [1.165, 1.54) is 6.07 Å². The first-order valence-electron chi connectivity index (χ1n) is 7.53. The molecule has 0 atom stereocenters. The average molecular weight is 343 g/mol. The molecule has 1 aromatic carbocycles. The van der Waals surface area contributed by atoms with Gasteiger partial charge in [-0.25, -0.2) is 13.8 Å². The summed E-state index contributed by atoms with van der Waals surface area (Å²) in [4.78, 5) is 12.8. The number of halogens is 2. The lowest BCUT2D eigenvalue weighted by atomic mass is 10.2. The van der Waals surface area contributed by atoms with Gasteiger partial charge in [-0.3, -0.25) is 4.98 Å². The van der Waals surface area contributed by atoms with Crippen LogP contribution < -0.4 is 10.6 Å². The van der Waals surface area contributed by atoms with Gasteiger partial charge in [-0.2, -0.15) is 4.98 Å². The molecule has 0 spiro atoms. The summed E-state index contributed by atoms with van der Waals surface area (Å²) in [5, 5.41) is 14.6. The molecule has 0 fully saturated rings. The third kappa shape index (κ3) is 4.24. The second kappa shape index (κ2) is 7.63. The summed E-state index contributed by atoms with van der Waals surface area (Å²) in [6, 6.07) is 10.2. The van der Waals surface area contributed by atoms with Crippen molar-refractivity contribution in [1.29, 1.82) is 0 Å². The number of rotatable bonds is 6. The van der Waals surface area contributed by atoms with Crippen LogP contribution in [0.2, 0.25) is 0 Å². The van der Waals surface area contributed by atoms with Gasteiger partial charge in [0, 0.05) is 24.9 Å². The molecule has 25 heavy (non-hydrogen) atoms. The maximum atomic E-state index is 13.9. The van der Waals surface area contributed by atoms with Gasteiger partial charge in [0.2, 0.25) is 5.95 Å². The van der Waals surface area contributed by atoms with Crippen LogP contribution in [0.15, 0.2) is 48.7 Å². The van der Waals surface area contributed by atoms with E-state index in [0.29, 0.717) is 17.2 Å². The zero-order valence-corrected chi connectivity index (χ0v) is 13.1. The molecule has 128 valence electrons. The topological polar surface area (TPSA) is 83.0 Å². The Labute approximate surface area is 142 Å². The quantitative estimate of drug-likeness (QED) is 0.638. The third-order valence-corrected chi connectivity index (χ3v) is 3.24. The number of benzene rings is 1. The fourth-order valence-corrected chi connectivity index (χ4v) is 2.13. The van der Waals surface area contributed by atoms with Crippen molar-refractivity contribution < 1.29 is 13.9 Å². The maximum Gasteiger partial charge on any atom is 0.225 e. The molecule has 0 bridgehead atoms. The lowest BCUT2D eigenvalue weighted by Gasteiger charge is -2.11. The summed E-state index contributed by atoms with van der Waals surface area (Å²) in [6.07, 6.45) is 1.63. The number of pyridine rings is 1. The molecule has 8 heteroatoms. The number of nitrogens with one attached hydrogen (secondary N) is 2. The van der Waals surface area contributed by atoms with E-state index in [-0.39, 0.29) is 24.8 Å². The number of aliphatic hydroxyl groups is 1. The van der Waals surface area contributed by atoms with Crippen LogP contribution in [0.3, 0.4) is 0 Å². The van der Waals surface area contributed by atoms with Gasteiger partial charge < -0.3 is 15.7 Å². The van der Waals surface area contributed by atoms with E-state index >= 15 is 0 Å². The Hall–Kier alpha value is -3.13. The summed E-state index contributed by atoms with van der Waals surface area (Å²) in [5.74, 6) is -0.836. The van der Waals surface area contributed by atoms with Crippen molar-refractivity contribution in [1.82, 2.24) is 15.0 Å². The average Bonchev–Trinajstić information content (AvgIpc) is 2.63. The van der Waals surface area contributed by atoms with Crippen molar-refractivity contribution in [3.63, 3.8) is 0 Å². The lowest BCUT2D eigenvalue weighted by molar-refractivity contribution is 0.311. The van der Waals surface area contributed by atoms with Crippen LogP contribution in [0, 0.1) is 11.6 Å². The van der Waals surface area contributed by atoms with Crippen molar-refractivity contribution in [3.05, 3.63) is 60.3 Å². The highest BCUT2D eigenvalue weighted by Crippen LogP contribution is 2.24. The van der Waals surface area contributed by atoms with Crippen molar-refractivity contribution in [2.75, 3.05) is 23.8 Å². The van der Waals surface area contributed by atoms with Crippen LogP contribution in [0.25, 0.3) is 11.4 Å². The SMILES string of the molecule is OCCNc1nc(Nc2ccc(F)cc2F)cc(-c2ccccn2)n1. The predicted octanol–water partition coefficient (Wildman–Crippen LogP) is 2.96. The number of hydrogen-bond acceptors (Lipinski definition) is 6. The van der Waals surface area contributed by atoms with Crippen molar-refractivity contribution in [3.8, 4) is 11.4 Å². The molecule has 0 aliphatic carbocycles. The molecule has 0 amide bonds. The van der Waals surface area contributed by atoms with Crippen molar-refractivity contribution >= 4 is 17.5 Å². The van der Waals surface area contributed by atoms with Crippen LogP contribution in [-0.2, 0) is 0 Å². The first kappa shape index (κ1) is 16.7. The molecule has 6 nitrogen and oxygen atoms in total. The zero-order valence-electron chi connectivity index (χ0n) is 13.1. The Morgan fingerprint density at radius 2 is 1.88 bits per heavy atom. The van der Waals surface area contributed by atoms with Crippen LogP contribution >= 0.6 is 0 Å². The summed E-state index contributed by atoms with van der Waals surface area (Å²) >= 11 is 0. The highest BCUT2D eigenvalue weighted by Gasteiger charge is 2.10. The second-order valence-corrected chi connectivity index (χ2v) is 5.08. The molecule has 0 radical (unpaired) electrons. The Morgan fingerprint density at radius 1 is 1.00 bits per heavy atom. The lowest BCUT2D eigenvalue weighted by Crippen LogP contribution is -2.10. The van der Waals surface area contributed by atoms with E-state index in [1.807, 2.05) is 6.07 Å². The van der Waals surface area contributed by atoms with Crippen LogP contribution in [0.1, 0.15) is 0 Å². The highest BCUT2D eigenvalue weighted by atomic mass is 19.1. The van der Waals surface area contributed by atoms with Gasteiger partial charge in [0.05, 0.1) is 23.7 Å². The number of anilines is 3. The monoisotopic (exact) mass is 343 g/mol. The first-order chi connectivity index (χ1) is 12.2. The van der Waals surface area contributed by atoms with Crippen LogP contribution in [-0.4, -0.2) is 33.2 Å². The summed E-state index contributed by atoms with van der Waals surface area (Å²) in [5.41, 5.74) is 1.21. The van der Waals surface area contributed by atoms with Crippen LogP contribution in [0.5, 0.6) is 0 Å². The number of nitrogens with zero attached hydrogens (tertiary/aromatic N) is 3. The molecule has 2 aromatic heterocycles. The summed E-state index contributed by atoms with van der Waals surface area (Å²) in [7, 11) is 0. The van der Waals surface area contributed by atoms with E-state index in [9.17, 15) is 8.78 Å².